The van der Waals surface area contributed by atoms with Gasteiger partial charge in [-0.2, -0.15) is 5.26 Å². The highest BCUT2D eigenvalue weighted by Crippen LogP contribution is 2.80. The van der Waals surface area contributed by atoms with Crippen LogP contribution in [-0.2, 0) is 0 Å². The minimum Gasteiger partial charge on any atom is -0.198 e. The molecule has 0 aromatic carbocycles. The Hall–Kier alpha value is -0.510. The van der Waals surface area contributed by atoms with Crippen LogP contribution >= 0.6 is 0 Å². The number of nitrogens with zero attached hydrogens (tertiary/aromatic N) is 1. The van der Waals surface area contributed by atoms with Gasteiger partial charge in [-0.05, 0) is 30.6 Å². The number of nitriles is 1. The highest BCUT2D eigenvalue weighted by atomic mass is 14.8. The van der Waals surface area contributed by atoms with Crippen LogP contribution in [0.2, 0.25) is 0 Å². The molecule has 2 rings (SSSR count). The lowest BCUT2D eigenvalue weighted by molar-refractivity contribution is 0.409. The molecule has 0 bridgehead atoms. The molecule has 2 fully saturated rings. The fourth-order valence-corrected chi connectivity index (χ4v) is 2.37. The molecule has 0 saturated heterocycles. The molecule has 0 heterocycles. The summed E-state index contributed by atoms with van der Waals surface area (Å²) in [5.41, 5.74) is 0.628. The topological polar surface area (TPSA) is 23.8 Å². The van der Waals surface area contributed by atoms with Gasteiger partial charge in [0, 0.05) is 0 Å². The molecule has 2 saturated carbocycles. The molecule has 1 nitrogen and oxygen atoms in total. The third-order valence-corrected chi connectivity index (χ3v) is 3.48. The summed E-state index contributed by atoms with van der Waals surface area (Å²) in [6, 6.07) is 2.50. The predicted octanol–water partition coefficient (Wildman–Crippen LogP) is 2.34. The van der Waals surface area contributed by atoms with Gasteiger partial charge in [0.2, 0.25) is 0 Å². The van der Waals surface area contributed by atoms with Gasteiger partial charge >= 0.3 is 0 Å². The van der Waals surface area contributed by atoms with Gasteiger partial charge in [0.15, 0.2) is 0 Å². The molecule has 0 amide bonds. The summed E-state index contributed by atoms with van der Waals surface area (Å²) in [6.45, 7) is 4.35. The Balaban J connectivity index is 2.22. The average molecular weight is 135 g/mol. The standard InChI is InChI=1S/C9H13N/c1-7(2)9(6-10)5-8(9)3-4-8/h7H,3-5H2,1-2H3. The fourth-order valence-electron chi connectivity index (χ4n) is 2.37. The van der Waals surface area contributed by atoms with Crippen molar-refractivity contribution < 1.29 is 0 Å². The molecule has 1 spiro atoms. The van der Waals surface area contributed by atoms with Gasteiger partial charge < -0.3 is 0 Å². The lowest BCUT2D eigenvalue weighted by Crippen LogP contribution is -2.09. The van der Waals surface area contributed by atoms with Crippen LogP contribution in [0.1, 0.15) is 33.1 Å². The molecule has 0 aromatic heterocycles. The van der Waals surface area contributed by atoms with E-state index in [1.165, 1.54) is 19.3 Å². The Bertz CT molecular complexity index is 207. The summed E-state index contributed by atoms with van der Waals surface area (Å²) in [5, 5.41) is 8.95. The van der Waals surface area contributed by atoms with Crippen LogP contribution in [0.5, 0.6) is 0 Å². The Labute approximate surface area is 62.0 Å². The highest BCUT2D eigenvalue weighted by molar-refractivity contribution is 5.31. The van der Waals surface area contributed by atoms with Crippen LogP contribution in [0.15, 0.2) is 0 Å². The monoisotopic (exact) mass is 135 g/mol. The maximum Gasteiger partial charge on any atom is 0.0698 e. The van der Waals surface area contributed by atoms with Crippen molar-refractivity contribution in [1.29, 1.82) is 5.26 Å². The molecule has 0 N–H and O–H groups in total. The van der Waals surface area contributed by atoms with E-state index in [9.17, 15) is 0 Å². The third kappa shape index (κ3) is 0.450. The Morgan fingerprint density at radius 1 is 1.40 bits per heavy atom. The first-order valence-corrected chi connectivity index (χ1v) is 4.08. The summed E-state index contributed by atoms with van der Waals surface area (Å²) in [5.74, 6) is 0.569. The van der Waals surface area contributed by atoms with E-state index in [0.29, 0.717) is 11.3 Å². The van der Waals surface area contributed by atoms with E-state index < -0.39 is 0 Å². The van der Waals surface area contributed by atoms with Crippen LogP contribution in [0.4, 0.5) is 0 Å². The molecular weight excluding hydrogens is 122 g/mol. The van der Waals surface area contributed by atoms with Crippen molar-refractivity contribution >= 4 is 0 Å². The number of rotatable bonds is 1. The van der Waals surface area contributed by atoms with Crippen molar-refractivity contribution in [2.45, 2.75) is 33.1 Å². The fraction of sp³-hybridized carbons (Fsp3) is 0.889. The van der Waals surface area contributed by atoms with Crippen molar-refractivity contribution in [2.75, 3.05) is 0 Å². The zero-order chi connectivity index (χ0) is 7.41. The zero-order valence-electron chi connectivity index (χ0n) is 6.65. The second-order valence-corrected chi connectivity index (χ2v) is 4.19. The normalized spacial score (nSPS) is 39.8. The SMILES string of the molecule is CC(C)C1(C#N)CC12CC2. The van der Waals surface area contributed by atoms with Gasteiger partial charge in [-0.1, -0.05) is 13.8 Å². The van der Waals surface area contributed by atoms with Gasteiger partial charge in [0.05, 0.1) is 11.5 Å². The molecule has 54 valence electrons. The second-order valence-electron chi connectivity index (χ2n) is 4.19. The summed E-state index contributed by atoms with van der Waals surface area (Å²) in [4.78, 5) is 0. The molecule has 0 aromatic rings. The van der Waals surface area contributed by atoms with Gasteiger partial charge in [-0.3, -0.25) is 0 Å². The first kappa shape index (κ1) is 6.22. The lowest BCUT2D eigenvalue weighted by Gasteiger charge is -2.10. The average Bonchev–Trinajstić information content (AvgIpc) is 2.74. The van der Waals surface area contributed by atoms with Crippen LogP contribution in [-0.4, -0.2) is 0 Å². The molecular formula is C9H13N. The Morgan fingerprint density at radius 3 is 2.10 bits per heavy atom. The van der Waals surface area contributed by atoms with Gasteiger partial charge in [0.1, 0.15) is 0 Å². The molecule has 2 aliphatic carbocycles. The van der Waals surface area contributed by atoms with E-state index in [1.807, 2.05) is 0 Å². The van der Waals surface area contributed by atoms with Gasteiger partial charge in [-0.25, -0.2) is 0 Å². The first-order valence-electron chi connectivity index (χ1n) is 4.08. The molecule has 0 radical (unpaired) electrons. The second kappa shape index (κ2) is 1.39. The van der Waals surface area contributed by atoms with Crippen molar-refractivity contribution in [3.05, 3.63) is 0 Å². The first-order chi connectivity index (χ1) is 4.67. The van der Waals surface area contributed by atoms with Crippen LogP contribution < -0.4 is 0 Å². The Morgan fingerprint density at radius 2 is 2.00 bits per heavy atom. The van der Waals surface area contributed by atoms with Crippen LogP contribution in [0, 0.1) is 28.1 Å². The van der Waals surface area contributed by atoms with E-state index in [4.69, 9.17) is 5.26 Å². The van der Waals surface area contributed by atoms with Crippen molar-refractivity contribution in [3.8, 4) is 6.07 Å². The summed E-state index contributed by atoms with van der Waals surface area (Å²) >= 11 is 0. The van der Waals surface area contributed by atoms with E-state index >= 15 is 0 Å². The molecule has 10 heavy (non-hydrogen) atoms. The molecule has 1 atom stereocenters. The maximum absolute atomic E-state index is 8.95. The van der Waals surface area contributed by atoms with E-state index in [0.717, 1.165) is 0 Å². The summed E-state index contributed by atoms with van der Waals surface area (Å²) < 4.78 is 0. The quantitative estimate of drug-likeness (QED) is 0.541. The van der Waals surface area contributed by atoms with Crippen molar-refractivity contribution in [3.63, 3.8) is 0 Å². The Kier molecular flexibility index (Phi) is 0.866. The van der Waals surface area contributed by atoms with Crippen LogP contribution in [0.3, 0.4) is 0 Å². The third-order valence-electron chi connectivity index (χ3n) is 3.48. The summed E-state index contributed by atoms with van der Waals surface area (Å²) in [7, 11) is 0. The van der Waals surface area contributed by atoms with E-state index in [-0.39, 0.29) is 5.41 Å². The molecule has 1 unspecified atom stereocenters. The minimum atomic E-state index is 0.104. The smallest absolute Gasteiger partial charge is 0.0698 e. The van der Waals surface area contributed by atoms with Crippen molar-refractivity contribution in [2.24, 2.45) is 16.7 Å². The number of hydrogen-bond donors (Lipinski definition) is 0. The lowest BCUT2D eigenvalue weighted by atomic mass is 9.90. The van der Waals surface area contributed by atoms with E-state index in [2.05, 4.69) is 19.9 Å². The van der Waals surface area contributed by atoms with E-state index in [1.54, 1.807) is 0 Å². The molecule has 0 aliphatic heterocycles. The minimum absolute atomic E-state index is 0.104. The van der Waals surface area contributed by atoms with Crippen LogP contribution in [0.25, 0.3) is 0 Å². The molecule has 1 heteroatoms. The largest absolute Gasteiger partial charge is 0.198 e. The zero-order valence-corrected chi connectivity index (χ0v) is 6.65. The molecule has 2 aliphatic rings. The maximum atomic E-state index is 8.95. The van der Waals surface area contributed by atoms with Crippen molar-refractivity contribution in [1.82, 2.24) is 0 Å². The highest BCUT2D eigenvalue weighted by Gasteiger charge is 2.75. The summed E-state index contributed by atoms with van der Waals surface area (Å²) in [6.07, 6.45) is 3.83. The number of hydrogen-bond acceptors (Lipinski definition) is 1. The predicted molar refractivity (Wildman–Crippen MR) is 39.2 cm³/mol. The van der Waals surface area contributed by atoms with Gasteiger partial charge in [-0.15, -0.1) is 0 Å². The van der Waals surface area contributed by atoms with Gasteiger partial charge in [0.25, 0.3) is 0 Å².